The smallest absolute Gasteiger partial charge is 0.409 e. The summed E-state index contributed by atoms with van der Waals surface area (Å²) >= 11 is 2.26. The van der Waals surface area contributed by atoms with Gasteiger partial charge in [-0.2, -0.15) is 0 Å². The van der Waals surface area contributed by atoms with Crippen molar-refractivity contribution in [1.29, 1.82) is 0 Å². The van der Waals surface area contributed by atoms with Crippen molar-refractivity contribution in [3.8, 4) is 11.1 Å². The summed E-state index contributed by atoms with van der Waals surface area (Å²) in [6.07, 6.45) is 1.23. The molecule has 3 aromatic rings. The second-order valence-corrected chi connectivity index (χ2v) is 13.7. The Kier molecular flexibility index (Phi) is 13.0. The Morgan fingerprint density at radius 3 is 1.67 bits per heavy atom. The summed E-state index contributed by atoms with van der Waals surface area (Å²) in [6, 6.07) is 24.4. The first-order valence-corrected chi connectivity index (χ1v) is 17.8. The minimum absolute atomic E-state index is 0.0478. The van der Waals surface area contributed by atoms with Crippen molar-refractivity contribution < 1.29 is 34.1 Å². The van der Waals surface area contributed by atoms with Crippen LogP contribution in [-0.4, -0.2) is 126 Å². The lowest BCUT2D eigenvalue weighted by atomic mass is 9.98. The van der Waals surface area contributed by atoms with Gasteiger partial charge in [0, 0.05) is 68.3 Å². The van der Waals surface area contributed by atoms with Crippen LogP contribution < -0.4 is 0 Å². The molecular formula is C37H43IN4O7. The topological polar surface area (TPSA) is 131 Å². The lowest BCUT2D eigenvalue weighted by molar-refractivity contribution is -0.139. The number of ether oxygens (including phenoxy) is 1. The Balaban J connectivity index is 1.25. The molecule has 1 saturated heterocycles. The average Bonchev–Trinajstić information content (AvgIpc) is 3.40. The van der Waals surface area contributed by atoms with Gasteiger partial charge in [0.25, 0.3) is 0 Å². The van der Waals surface area contributed by atoms with E-state index in [1.165, 1.54) is 4.90 Å². The normalized spacial score (nSPS) is 16.3. The molecule has 0 radical (unpaired) electrons. The van der Waals surface area contributed by atoms with Gasteiger partial charge in [0.15, 0.2) is 0 Å². The summed E-state index contributed by atoms with van der Waals surface area (Å²) in [5.74, 6) is -2.16. The van der Waals surface area contributed by atoms with Crippen LogP contribution in [-0.2, 0) is 25.5 Å². The molecule has 1 aliphatic carbocycles. The number of carbonyl (C=O) groups excluding carboxylic acids is 2. The van der Waals surface area contributed by atoms with E-state index in [4.69, 9.17) is 4.74 Å². The van der Waals surface area contributed by atoms with Gasteiger partial charge in [-0.1, -0.05) is 60.7 Å². The van der Waals surface area contributed by atoms with Crippen LogP contribution in [0.15, 0.2) is 72.8 Å². The van der Waals surface area contributed by atoms with Gasteiger partial charge in [-0.15, -0.1) is 0 Å². The third-order valence-corrected chi connectivity index (χ3v) is 9.90. The van der Waals surface area contributed by atoms with E-state index >= 15 is 0 Å². The van der Waals surface area contributed by atoms with Gasteiger partial charge >= 0.3 is 18.0 Å². The number of carboxylic acids is 2. The van der Waals surface area contributed by atoms with Crippen LogP contribution in [0.1, 0.15) is 35.4 Å². The fourth-order valence-electron chi connectivity index (χ4n) is 6.56. The van der Waals surface area contributed by atoms with Gasteiger partial charge in [0.2, 0.25) is 5.91 Å². The number of benzene rings is 3. The first-order chi connectivity index (χ1) is 23.7. The molecule has 11 nitrogen and oxygen atoms in total. The summed E-state index contributed by atoms with van der Waals surface area (Å²) in [4.78, 5) is 57.2. The molecule has 1 fully saturated rings. The van der Waals surface area contributed by atoms with Crippen LogP contribution in [0.3, 0.4) is 0 Å². The van der Waals surface area contributed by atoms with Crippen LogP contribution in [0.4, 0.5) is 4.79 Å². The van der Waals surface area contributed by atoms with Crippen LogP contribution in [0.5, 0.6) is 0 Å². The molecule has 0 atom stereocenters. The number of amides is 2. The molecule has 2 N–H and O–H groups in total. The van der Waals surface area contributed by atoms with E-state index in [1.807, 2.05) is 36.4 Å². The van der Waals surface area contributed by atoms with Gasteiger partial charge in [-0.25, -0.2) is 4.79 Å². The molecule has 12 heteroatoms. The van der Waals surface area contributed by atoms with Gasteiger partial charge < -0.3 is 24.7 Å². The lowest BCUT2D eigenvalue weighted by Crippen LogP contribution is -2.50. The molecule has 260 valence electrons. The zero-order valence-corrected chi connectivity index (χ0v) is 29.7. The lowest BCUT2D eigenvalue weighted by Gasteiger charge is -2.33. The second kappa shape index (κ2) is 17.6. The molecule has 0 spiro atoms. The highest BCUT2D eigenvalue weighted by molar-refractivity contribution is 14.1. The molecule has 1 heterocycles. The Morgan fingerprint density at radius 2 is 1.16 bits per heavy atom. The maximum Gasteiger partial charge on any atom is 0.409 e. The fourth-order valence-corrected chi connectivity index (χ4v) is 6.92. The zero-order valence-electron chi connectivity index (χ0n) is 27.5. The standard InChI is InChI=1S/C37H43IN4O7/c38-28-14-12-27(13-15-28)6-5-11-34(43)41-20-16-39(24-35(44)45)18-22-42(23-19-40(17-21-41)25-36(46)47)37(48)49-26-33-31-9-3-1-7-29(31)30-8-2-4-10-32(30)33/h1-4,7-10,12-15,33H,5-6,11,16-26H2,(H,44,45)(H,46,47). The predicted molar refractivity (Wildman–Crippen MR) is 193 cm³/mol. The Labute approximate surface area is 300 Å². The monoisotopic (exact) mass is 782 g/mol. The summed E-state index contributed by atoms with van der Waals surface area (Å²) in [5.41, 5.74) is 5.59. The highest BCUT2D eigenvalue weighted by Crippen LogP contribution is 2.44. The molecule has 1 aliphatic heterocycles. The number of carboxylic acid groups (broad SMARTS) is 2. The highest BCUT2D eigenvalue weighted by atomic mass is 127. The minimum atomic E-state index is -0.997. The van der Waals surface area contributed by atoms with Crippen LogP contribution in [0, 0.1) is 3.57 Å². The van der Waals surface area contributed by atoms with Crippen molar-refractivity contribution in [3.05, 3.63) is 93.1 Å². The number of halogens is 1. The minimum Gasteiger partial charge on any atom is -0.480 e. The fraction of sp³-hybridized carbons (Fsp3) is 0.405. The molecule has 0 saturated carbocycles. The summed E-state index contributed by atoms with van der Waals surface area (Å²) in [6.45, 7) is 1.74. The number of nitrogens with zero attached hydrogens (tertiary/aromatic N) is 4. The maximum atomic E-state index is 13.6. The molecule has 2 aliphatic rings. The molecule has 3 aromatic carbocycles. The van der Waals surface area contributed by atoms with E-state index in [2.05, 4.69) is 59.0 Å². The van der Waals surface area contributed by atoms with E-state index in [0.29, 0.717) is 39.0 Å². The van der Waals surface area contributed by atoms with Crippen molar-refractivity contribution in [1.82, 2.24) is 19.6 Å². The van der Waals surface area contributed by atoms with Gasteiger partial charge in [0.05, 0.1) is 13.1 Å². The number of hydrogen-bond donors (Lipinski definition) is 2. The second-order valence-electron chi connectivity index (χ2n) is 12.5. The first-order valence-electron chi connectivity index (χ1n) is 16.7. The van der Waals surface area contributed by atoms with E-state index in [-0.39, 0.29) is 57.7 Å². The van der Waals surface area contributed by atoms with Crippen molar-refractivity contribution >= 4 is 46.5 Å². The quantitative estimate of drug-likeness (QED) is 0.286. The van der Waals surface area contributed by atoms with E-state index in [1.54, 1.807) is 14.7 Å². The summed E-state index contributed by atoms with van der Waals surface area (Å²) in [5, 5.41) is 19.3. The molecule has 0 bridgehead atoms. The SMILES string of the molecule is O=C(O)CN1CCN(C(=O)CCCc2ccc(I)cc2)CCN(CC(=O)O)CCN(C(=O)OCC2c3ccccc3-c3ccccc32)CC1. The predicted octanol–water partition coefficient (Wildman–Crippen LogP) is 4.48. The Hall–Kier alpha value is -4.01. The third kappa shape index (κ3) is 10.2. The van der Waals surface area contributed by atoms with Gasteiger partial charge in [0.1, 0.15) is 6.61 Å². The average molecular weight is 783 g/mol. The number of aryl methyl sites for hydroxylation is 1. The third-order valence-electron chi connectivity index (χ3n) is 9.18. The van der Waals surface area contributed by atoms with Crippen LogP contribution in [0.25, 0.3) is 11.1 Å². The van der Waals surface area contributed by atoms with Crippen molar-refractivity contribution in [2.45, 2.75) is 25.2 Å². The summed E-state index contributed by atoms with van der Waals surface area (Å²) in [7, 11) is 0. The van der Waals surface area contributed by atoms with E-state index in [0.717, 1.165) is 37.8 Å². The molecular weight excluding hydrogens is 739 g/mol. The van der Waals surface area contributed by atoms with Crippen LogP contribution in [0.2, 0.25) is 0 Å². The number of aliphatic carboxylic acids is 2. The number of rotatable bonds is 10. The number of carbonyl (C=O) groups is 4. The molecule has 49 heavy (non-hydrogen) atoms. The molecule has 0 unspecified atom stereocenters. The van der Waals surface area contributed by atoms with Crippen molar-refractivity contribution in [2.24, 2.45) is 0 Å². The van der Waals surface area contributed by atoms with Crippen molar-refractivity contribution in [3.63, 3.8) is 0 Å². The molecule has 5 rings (SSSR count). The van der Waals surface area contributed by atoms with Crippen LogP contribution >= 0.6 is 22.6 Å². The Bertz CT molecular complexity index is 1540. The number of fused-ring (bicyclic) bond motifs is 3. The molecule has 2 amide bonds. The van der Waals surface area contributed by atoms with Crippen molar-refractivity contribution in [2.75, 3.05) is 72.1 Å². The van der Waals surface area contributed by atoms with Gasteiger partial charge in [-0.3, -0.25) is 24.2 Å². The van der Waals surface area contributed by atoms with Gasteiger partial charge in [-0.05, 0) is 75.4 Å². The van der Waals surface area contributed by atoms with E-state index < -0.39 is 18.0 Å². The number of hydrogen-bond acceptors (Lipinski definition) is 7. The summed E-state index contributed by atoms with van der Waals surface area (Å²) < 4.78 is 7.07. The zero-order chi connectivity index (χ0) is 34.8. The molecule has 0 aromatic heterocycles. The maximum absolute atomic E-state index is 13.6. The van der Waals surface area contributed by atoms with E-state index in [9.17, 15) is 29.4 Å². The Morgan fingerprint density at radius 1 is 0.673 bits per heavy atom. The first kappa shape index (κ1) is 36.3. The highest BCUT2D eigenvalue weighted by Gasteiger charge is 2.30. The largest absolute Gasteiger partial charge is 0.480 e.